The molecule has 0 spiro atoms. The molecule has 0 aliphatic carbocycles. The molecule has 5 rings (SSSR count). The minimum Gasteiger partial charge on any atom is -0.493 e. The van der Waals surface area contributed by atoms with E-state index in [1.165, 1.54) is 18.4 Å². The molecule has 2 atom stereocenters. The van der Waals surface area contributed by atoms with Crippen LogP contribution in [0.2, 0.25) is 0 Å². The minimum atomic E-state index is 0.146. The Kier molecular flexibility index (Phi) is 6.96. The predicted octanol–water partition coefficient (Wildman–Crippen LogP) is 4.31. The molecule has 2 unspecified atom stereocenters. The summed E-state index contributed by atoms with van der Waals surface area (Å²) < 4.78 is 17.1. The first-order chi connectivity index (χ1) is 16.4. The number of aliphatic imine (C=N–C) groups is 1. The lowest BCUT2D eigenvalue weighted by atomic mass is 10.0. The number of benzene rings is 1. The van der Waals surface area contributed by atoms with E-state index < -0.39 is 0 Å². The maximum absolute atomic E-state index is 5.85. The largest absolute Gasteiger partial charge is 0.493 e. The molecular weight excluding hydrogens is 416 g/mol. The Hall–Kier alpha value is -3.19. The second-order valence-electron chi connectivity index (χ2n) is 8.59. The molecule has 1 saturated heterocycles. The maximum atomic E-state index is 5.85. The molecule has 4 heterocycles. The normalized spacial score (nSPS) is 19.6. The highest BCUT2D eigenvalue weighted by molar-refractivity contribution is 5.80. The summed E-state index contributed by atoms with van der Waals surface area (Å²) in [6.07, 6.45) is 7.61. The predicted molar refractivity (Wildman–Crippen MR) is 127 cm³/mol. The van der Waals surface area contributed by atoms with Crippen molar-refractivity contribution >= 4 is 5.96 Å². The van der Waals surface area contributed by atoms with Gasteiger partial charge in [0.15, 0.2) is 5.96 Å². The highest BCUT2D eigenvalue weighted by Crippen LogP contribution is 2.31. The van der Waals surface area contributed by atoms with E-state index in [2.05, 4.69) is 33.7 Å². The number of rotatable bonds is 8. The van der Waals surface area contributed by atoms with Gasteiger partial charge in [-0.15, -0.1) is 0 Å². The van der Waals surface area contributed by atoms with Crippen molar-refractivity contribution in [3.05, 3.63) is 78.1 Å². The summed E-state index contributed by atoms with van der Waals surface area (Å²) in [6, 6.07) is 16.5. The summed E-state index contributed by atoms with van der Waals surface area (Å²) in [7, 11) is 0. The van der Waals surface area contributed by atoms with Gasteiger partial charge in [-0.1, -0.05) is 18.2 Å². The second-order valence-corrected chi connectivity index (χ2v) is 8.59. The van der Waals surface area contributed by atoms with Gasteiger partial charge in [0.05, 0.1) is 37.8 Å². The molecule has 33 heavy (non-hydrogen) atoms. The van der Waals surface area contributed by atoms with Crippen molar-refractivity contribution in [2.75, 3.05) is 32.8 Å². The minimum absolute atomic E-state index is 0.146. The van der Waals surface area contributed by atoms with Crippen molar-refractivity contribution in [3.8, 4) is 5.75 Å². The molecule has 0 amide bonds. The van der Waals surface area contributed by atoms with Gasteiger partial charge in [0.1, 0.15) is 17.3 Å². The number of nitrogens with zero attached hydrogens (tertiary/aromatic N) is 2. The SMILES string of the molecule is c1coc(CCNC(=NCC(c2ccco2)N2CCCC2)NC2CCOc3ccccc32)c1. The van der Waals surface area contributed by atoms with Gasteiger partial charge in [-0.05, 0) is 56.3 Å². The van der Waals surface area contributed by atoms with Crippen LogP contribution in [0, 0.1) is 0 Å². The third-order valence-electron chi connectivity index (χ3n) is 6.39. The average Bonchev–Trinajstić information content (AvgIpc) is 3.63. The molecule has 2 aliphatic rings. The second kappa shape index (κ2) is 10.6. The van der Waals surface area contributed by atoms with Crippen LogP contribution in [0.15, 0.2) is 74.9 Å². The summed E-state index contributed by atoms with van der Waals surface area (Å²) in [5.74, 6) is 3.69. The van der Waals surface area contributed by atoms with E-state index in [4.69, 9.17) is 18.6 Å². The van der Waals surface area contributed by atoms with E-state index in [0.717, 1.165) is 55.7 Å². The van der Waals surface area contributed by atoms with Crippen LogP contribution in [0.3, 0.4) is 0 Å². The van der Waals surface area contributed by atoms with Crippen molar-refractivity contribution in [1.29, 1.82) is 0 Å². The highest BCUT2D eigenvalue weighted by Gasteiger charge is 2.26. The van der Waals surface area contributed by atoms with E-state index in [1.54, 1.807) is 12.5 Å². The number of guanidine groups is 1. The van der Waals surface area contributed by atoms with Crippen LogP contribution in [0.5, 0.6) is 5.75 Å². The molecule has 174 valence electrons. The molecule has 2 aromatic heterocycles. The average molecular weight is 449 g/mol. The van der Waals surface area contributed by atoms with E-state index in [0.29, 0.717) is 13.2 Å². The fraction of sp³-hybridized carbons (Fsp3) is 0.423. The standard InChI is InChI=1S/C26H32N4O3/c1-2-9-24-21(8-1)22(12-18-33-24)29-26(27-13-11-20-7-5-16-31-20)28-19-23(25-10-6-17-32-25)30-14-3-4-15-30/h1-2,5-10,16-17,22-23H,3-4,11-15,18-19H2,(H2,27,28,29). The molecule has 1 fully saturated rings. The highest BCUT2D eigenvalue weighted by atomic mass is 16.5. The van der Waals surface area contributed by atoms with Gasteiger partial charge in [0.25, 0.3) is 0 Å². The molecule has 2 N–H and O–H groups in total. The lowest BCUT2D eigenvalue weighted by molar-refractivity contribution is 0.221. The Labute approximate surface area is 194 Å². The Morgan fingerprint density at radius 1 is 1.03 bits per heavy atom. The Morgan fingerprint density at radius 2 is 1.88 bits per heavy atom. The van der Waals surface area contributed by atoms with Crippen LogP contribution < -0.4 is 15.4 Å². The number of likely N-dealkylation sites (tertiary alicyclic amines) is 1. The number of ether oxygens (including phenoxy) is 1. The number of hydrogen-bond donors (Lipinski definition) is 2. The summed E-state index contributed by atoms with van der Waals surface area (Å²) in [5.41, 5.74) is 1.17. The zero-order chi connectivity index (χ0) is 22.3. The van der Waals surface area contributed by atoms with E-state index in [-0.39, 0.29) is 12.1 Å². The maximum Gasteiger partial charge on any atom is 0.191 e. The Bertz CT molecular complexity index is 1010. The monoisotopic (exact) mass is 448 g/mol. The van der Waals surface area contributed by atoms with Gasteiger partial charge in [-0.3, -0.25) is 9.89 Å². The van der Waals surface area contributed by atoms with Crippen molar-refractivity contribution in [1.82, 2.24) is 15.5 Å². The first kappa shape index (κ1) is 21.6. The number of para-hydroxylation sites is 1. The molecular formula is C26H32N4O3. The molecule has 3 aromatic rings. The zero-order valence-corrected chi connectivity index (χ0v) is 18.9. The quantitative estimate of drug-likeness (QED) is 0.395. The van der Waals surface area contributed by atoms with Crippen LogP contribution in [-0.2, 0) is 6.42 Å². The number of furan rings is 2. The van der Waals surface area contributed by atoms with Crippen molar-refractivity contribution in [2.24, 2.45) is 4.99 Å². The molecule has 0 saturated carbocycles. The van der Waals surface area contributed by atoms with Crippen LogP contribution in [-0.4, -0.2) is 43.6 Å². The molecule has 7 nitrogen and oxygen atoms in total. The third kappa shape index (κ3) is 5.42. The fourth-order valence-electron chi connectivity index (χ4n) is 4.67. The van der Waals surface area contributed by atoms with Crippen LogP contribution in [0.4, 0.5) is 0 Å². The van der Waals surface area contributed by atoms with E-state index in [1.807, 2.05) is 30.3 Å². The van der Waals surface area contributed by atoms with Gasteiger partial charge < -0.3 is 24.2 Å². The van der Waals surface area contributed by atoms with E-state index >= 15 is 0 Å². The summed E-state index contributed by atoms with van der Waals surface area (Å²) >= 11 is 0. The topological polar surface area (TPSA) is 75.2 Å². The fourth-order valence-corrected chi connectivity index (χ4v) is 4.67. The van der Waals surface area contributed by atoms with Crippen LogP contribution in [0.25, 0.3) is 0 Å². The first-order valence-electron chi connectivity index (χ1n) is 11.9. The Balaban J connectivity index is 1.32. The summed E-state index contributed by atoms with van der Waals surface area (Å²) in [5, 5.41) is 7.18. The van der Waals surface area contributed by atoms with Gasteiger partial charge in [0.2, 0.25) is 0 Å². The third-order valence-corrected chi connectivity index (χ3v) is 6.39. The molecule has 7 heteroatoms. The van der Waals surface area contributed by atoms with Gasteiger partial charge in [0, 0.05) is 24.9 Å². The van der Waals surface area contributed by atoms with Gasteiger partial charge >= 0.3 is 0 Å². The lowest BCUT2D eigenvalue weighted by Crippen LogP contribution is -2.42. The van der Waals surface area contributed by atoms with Gasteiger partial charge in [-0.2, -0.15) is 0 Å². The number of fused-ring (bicyclic) bond motifs is 1. The van der Waals surface area contributed by atoms with Crippen LogP contribution >= 0.6 is 0 Å². The molecule has 2 aliphatic heterocycles. The lowest BCUT2D eigenvalue weighted by Gasteiger charge is -2.29. The van der Waals surface area contributed by atoms with Crippen molar-refractivity contribution < 1.29 is 13.6 Å². The van der Waals surface area contributed by atoms with Gasteiger partial charge in [-0.25, -0.2) is 0 Å². The van der Waals surface area contributed by atoms with Crippen molar-refractivity contribution in [2.45, 2.75) is 37.8 Å². The summed E-state index contributed by atoms with van der Waals surface area (Å²) in [6.45, 7) is 4.23. The summed E-state index contributed by atoms with van der Waals surface area (Å²) in [4.78, 5) is 7.51. The van der Waals surface area contributed by atoms with E-state index in [9.17, 15) is 0 Å². The molecule has 1 aromatic carbocycles. The smallest absolute Gasteiger partial charge is 0.191 e. The molecule has 0 bridgehead atoms. The number of hydrogen-bond acceptors (Lipinski definition) is 5. The van der Waals surface area contributed by atoms with Crippen molar-refractivity contribution in [3.63, 3.8) is 0 Å². The molecule has 0 radical (unpaired) electrons. The zero-order valence-electron chi connectivity index (χ0n) is 18.9. The first-order valence-corrected chi connectivity index (χ1v) is 11.9. The number of nitrogens with one attached hydrogen (secondary N) is 2. The Morgan fingerprint density at radius 3 is 2.70 bits per heavy atom. The van der Waals surface area contributed by atoms with Crippen LogP contribution in [0.1, 0.15) is 48.4 Å².